The smallest absolute Gasteiger partial charge is 0.242 e. The number of amides is 1. The fraction of sp³-hybridized carbons (Fsp3) is 0.562. The van der Waals surface area contributed by atoms with E-state index in [0.29, 0.717) is 5.69 Å². The summed E-state index contributed by atoms with van der Waals surface area (Å²) in [7, 11) is -3.45. The zero-order valence-corrected chi connectivity index (χ0v) is 14.8. The highest BCUT2D eigenvalue weighted by Gasteiger charge is 2.30. The van der Waals surface area contributed by atoms with Crippen molar-refractivity contribution in [3.05, 3.63) is 24.3 Å². The summed E-state index contributed by atoms with van der Waals surface area (Å²) in [5, 5.41) is 1.04. The predicted octanol–water partition coefficient (Wildman–Crippen LogP) is 2.68. The first-order valence-corrected chi connectivity index (χ1v) is 9.23. The minimum atomic E-state index is -3.45. The van der Waals surface area contributed by atoms with Crippen molar-refractivity contribution in [3.8, 4) is 0 Å². The number of hydrogen-bond acceptors (Lipinski definition) is 4. The lowest BCUT2D eigenvalue weighted by atomic mass is 10.2. The van der Waals surface area contributed by atoms with E-state index in [-0.39, 0.29) is 0 Å². The monoisotopic (exact) mass is 326 g/mol. The molecule has 1 unspecified atom stereocenters. The third-order valence-corrected chi connectivity index (χ3v) is 6.30. The lowest BCUT2D eigenvalue weighted by molar-refractivity contribution is -0.115. The van der Waals surface area contributed by atoms with Crippen LogP contribution >= 0.6 is 0 Å². The average molecular weight is 326 g/mol. The number of rotatable bonds is 7. The van der Waals surface area contributed by atoms with E-state index in [4.69, 9.17) is 0 Å². The summed E-state index contributed by atoms with van der Waals surface area (Å²) < 4.78 is 24.0. The Bertz CT molecular complexity index is 590. The minimum Gasteiger partial charge on any atom is -0.372 e. The van der Waals surface area contributed by atoms with E-state index in [9.17, 15) is 13.2 Å². The highest BCUT2D eigenvalue weighted by atomic mass is 32.2. The molecule has 0 aliphatic heterocycles. The van der Waals surface area contributed by atoms with E-state index in [1.165, 1.54) is 6.92 Å². The standard InChI is InChI=1S/C16H26N2O3S/c1-6-18(7-2)15-10-8-14(9-11-15)17-16(19)13(5)22(20,21)12(3)4/h8-13H,6-7H2,1-5H3,(H,17,19). The molecule has 0 bridgehead atoms. The van der Waals surface area contributed by atoms with E-state index in [0.717, 1.165) is 18.8 Å². The molecular formula is C16H26N2O3S. The van der Waals surface area contributed by atoms with Crippen LogP contribution in [0.5, 0.6) is 0 Å². The third-order valence-electron chi connectivity index (χ3n) is 3.78. The molecule has 0 saturated carbocycles. The Morgan fingerprint density at radius 3 is 2.00 bits per heavy atom. The van der Waals surface area contributed by atoms with Crippen LogP contribution in [0.2, 0.25) is 0 Å². The Morgan fingerprint density at radius 2 is 1.59 bits per heavy atom. The molecule has 22 heavy (non-hydrogen) atoms. The number of nitrogens with one attached hydrogen (secondary N) is 1. The molecule has 0 aromatic heterocycles. The summed E-state index contributed by atoms with van der Waals surface area (Å²) in [4.78, 5) is 14.3. The van der Waals surface area contributed by atoms with Gasteiger partial charge in [-0.25, -0.2) is 8.42 Å². The van der Waals surface area contributed by atoms with E-state index in [1.807, 2.05) is 12.1 Å². The highest BCUT2D eigenvalue weighted by molar-refractivity contribution is 7.93. The van der Waals surface area contributed by atoms with Crippen molar-refractivity contribution in [3.63, 3.8) is 0 Å². The van der Waals surface area contributed by atoms with Crippen LogP contribution in [0.3, 0.4) is 0 Å². The van der Waals surface area contributed by atoms with Crippen molar-refractivity contribution in [1.29, 1.82) is 0 Å². The topological polar surface area (TPSA) is 66.5 Å². The summed E-state index contributed by atoms with van der Waals surface area (Å²) in [6.45, 7) is 10.6. The zero-order chi connectivity index (χ0) is 16.9. The Labute approximate surface area is 133 Å². The molecule has 124 valence electrons. The van der Waals surface area contributed by atoms with E-state index >= 15 is 0 Å². The predicted molar refractivity (Wildman–Crippen MR) is 92.2 cm³/mol. The maximum atomic E-state index is 12.1. The van der Waals surface area contributed by atoms with Crippen LogP contribution in [0.4, 0.5) is 11.4 Å². The van der Waals surface area contributed by atoms with Crippen molar-refractivity contribution >= 4 is 27.1 Å². The first-order chi connectivity index (χ1) is 10.2. The summed E-state index contributed by atoms with van der Waals surface area (Å²) in [5.41, 5.74) is 1.68. The Kier molecular flexibility index (Phi) is 6.41. The van der Waals surface area contributed by atoms with Crippen molar-refractivity contribution in [2.45, 2.75) is 45.1 Å². The van der Waals surface area contributed by atoms with Gasteiger partial charge in [-0.3, -0.25) is 4.79 Å². The lowest BCUT2D eigenvalue weighted by Gasteiger charge is -2.21. The molecular weight excluding hydrogens is 300 g/mol. The van der Waals surface area contributed by atoms with Gasteiger partial charge in [0, 0.05) is 24.5 Å². The Hall–Kier alpha value is -1.56. The van der Waals surface area contributed by atoms with Gasteiger partial charge in [-0.15, -0.1) is 0 Å². The molecule has 1 aromatic rings. The number of sulfone groups is 1. The fourth-order valence-electron chi connectivity index (χ4n) is 2.15. The van der Waals surface area contributed by atoms with Gasteiger partial charge in [-0.05, 0) is 58.9 Å². The molecule has 0 radical (unpaired) electrons. The number of hydrogen-bond donors (Lipinski definition) is 1. The van der Waals surface area contributed by atoms with Gasteiger partial charge in [0.2, 0.25) is 5.91 Å². The number of anilines is 2. The third kappa shape index (κ3) is 4.22. The largest absolute Gasteiger partial charge is 0.372 e. The number of benzene rings is 1. The van der Waals surface area contributed by atoms with E-state index < -0.39 is 26.2 Å². The second-order valence-electron chi connectivity index (χ2n) is 5.49. The summed E-state index contributed by atoms with van der Waals surface area (Å²) in [6.07, 6.45) is 0. The van der Waals surface area contributed by atoms with Gasteiger partial charge in [0.15, 0.2) is 9.84 Å². The second-order valence-corrected chi connectivity index (χ2v) is 8.32. The SMILES string of the molecule is CCN(CC)c1ccc(NC(=O)C(C)S(=O)(=O)C(C)C)cc1. The molecule has 0 saturated heterocycles. The average Bonchev–Trinajstić information content (AvgIpc) is 2.49. The summed E-state index contributed by atoms with van der Waals surface area (Å²) in [6, 6.07) is 7.43. The van der Waals surface area contributed by atoms with Crippen LogP contribution < -0.4 is 10.2 Å². The van der Waals surface area contributed by atoms with Crippen LogP contribution in [0.15, 0.2) is 24.3 Å². The molecule has 0 aliphatic rings. The molecule has 1 amide bonds. The van der Waals surface area contributed by atoms with Gasteiger partial charge in [0.05, 0.1) is 5.25 Å². The van der Waals surface area contributed by atoms with Crippen LogP contribution in [0.25, 0.3) is 0 Å². The molecule has 1 atom stereocenters. The van der Waals surface area contributed by atoms with Gasteiger partial charge in [0.25, 0.3) is 0 Å². The fourth-order valence-corrected chi connectivity index (χ4v) is 3.32. The van der Waals surface area contributed by atoms with Crippen molar-refractivity contribution in [1.82, 2.24) is 0 Å². The van der Waals surface area contributed by atoms with Gasteiger partial charge < -0.3 is 10.2 Å². The second kappa shape index (κ2) is 7.63. The number of nitrogens with zero attached hydrogens (tertiary/aromatic N) is 1. The number of carbonyl (C=O) groups excluding carboxylic acids is 1. The summed E-state index contributed by atoms with van der Waals surface area (Å²) in [5.74, 6) is -0.496. The van der Waals surface area contributed by atoms with Crippen LogP contribution in [-0.4, -0.2) is 37.9 Å². The zero-order valence-electron chi connectivity index (χ0n) is 14.0. The Morgan fingerprint density at radius 1 is 1.09 bits per heavy atom. The van der Waals surface area contributed by atoms with Crippen molar-refractivity contribution in [2.24, 2.45) is 0 Å². The highest BCUT2D eigenvalue weighted by Crippen LogP contribution is 2.19. The lowest BCUT2D eigenvalue weighted by Crippen LogP contribution is -2.36. The minimum absolute atomic E-state index is 0.496. The maximum Gasteiger partial charge on any atom is 0.242 e. The molecule has 0 fully saturated rings. The Balaban J connectivity index is 2.81. The van der Waals surface area contributed by atoms with Crippen LogP contribution in [0, 0.1) is 0 Å². The van der Waals surface area contributed by atoms with Gasteiger partial charge >= 0.3 is 0 Å². The van der Waals surface area contributed by atoms with E-state index in [2.05, 4.69) is 24.1 Å². The molecule has 0 heterocycles. The maximum absolute atomic E-state index is 12.1. The van der Waals surface area contributed by atoms with Crippen LogP contribution in [-0.2, 0) is 14.6 Å². The number of carbonyl (C=O) groups is 1. The van der Waals surface area contributed by atoms with Crippen molar-refractivity contribution in [2.75, 3.05) is 23.3 Å². The normalized spacial score (nSPS) is 13.0. The molecule has 5 nitrogen and oxygen atoms in total. The van der Waals surface area contributed by atoms with E-state index in [1.54, 1.807) is 26.0 Å². The first-order valence-electron chi connectivity index (χ1n) is 7.62. The summed E-state index contributed by atoms with van der Waals surface area (Å²) >= 11 is 0. The quantitative estimate of drug-likeness (QED) is 0.836. The van der Waals surface area contributed by atoms with Crippen LogP contribution in [0.1, 0.15) is 34.6 Å². The van der Waals surface area contributed by atoms with Gasteiger partial charge in [-0.1, -0.05) is 0 Å². The molecule has 0 aliphatic carbocycles. The van der Waals surface area contributed by atoms with Gasteiger partial charge in [0.1, 0.15) is 5.25 Å². The molecule has 1 aromatic carbocycles. The van der Waals surface area contributed by atoms with Crippen molar-refractivity contribution < 1.29 is 13.2 Å². The molecule has 1 N–H and O–H groups in total. The van der Waals surface area contributed by atoms with Gasteiger partial charge in [-0.2, -0.15) is 0 Å². The molecule has 6 heteroatoms. The molecule has 1 rings (SSSR count). The first kappa shape index (κ1) is 18.5. The molecule has 0 spiro atoms.